The van der Waals surface area contributed by atoms with Crippen molar-refractivity contribution in [3.8, 4) is 0 Å². The summed E-state index contributed by atoms with van der Waals surface area (Å²) in [5.74, 6) is -2.00. The molecule has 7 heteroatoms. The van der Waals surface area contributed by atoms with Crippen LogP contribution in [0.4, 0.5) is 11.4 Å². The van der Waals surface area contributed by atoms with Gasteiger partial charge in [0, 0.05) is 11.2 Å². The molecule has 0 unspecified atom stereocenters. The van der Waals surface area contributed by atoms with Crippen LogP contribution < -0.4 is 10.2 Å². The molecular formula is C18H14ClN3O2S. The molecule has 0 radical (unpaired) electrons. The summed E-state index contributed by atoms with van der Waals surface area (Å²) < 4.78 is 0. The molecule has 1 heterocycles. The number of rotatable bonds is 3. The van der Waals surface area contributed by atoms with Crippen LogP contribution in [-0.2, 0) is 9.59 Å². The monoisotopic (exact) mass is 371 g/mol. The third-order valence-corrected chi connectivity index (χ3v) is 4.27. The Morgan fingerprint density at radius 2 is 1.92 bits per heavy atom. The molecule has 1 N–H and O–H groups in total. The van der Waals surface area contributed by atoms with Crippen molar-refractivity contribution in [1.29, 1.82) is 0 Å². The lowest BCUT2D eigenvalue weighted by atomic mass is 10.1. The zero-order valence-electron chi connectivity index (χ0n) is 13.3. The number of carbonyl (C=O) groups is 2. The Balaban J connectivity index is 1.91. The molecule has 1 saturated heterocycles. The first-order chi connectivity index (χ1) is 12.0. The van der Waals surface area contributed by atoms with Crippen molar-refractivity contribution in [3.63, 3.8) is 0 Å². The summed E-state index contributed by atoms with van der Waals surface area (Å²) >= 11 is 11.1. The summed E-state index contributed by atoms with van der Waals surface area (Å²) in [6, 6.07) is 14.2. The molecule has 1 aliphatic rings. The normalized spacial score (nSPS) is 17.9. The molecule has 1 aliphatic heterocycles. The summed E-state index contributed by atoms with van der Waals surface area (Å²) in [5, 5.41) is 3.14. The number of nitrogens with zero attached hydrogens (tertiary/aromatic N) is 2. The SMILES string of the molecule is Cc1ccc(Cl)cc1N=C[C@@H]1C(=O)NC(=S)N(c2ccccc2)C1=O. The topological polar surface area (TPSA) is 61.8 Å². The van der Waals surface area contributed by atoms with E-state index in [9.17, 15) is 9.59 Å². The number of para-hydroxylation sites is 1. The van der Waals surface area contributed by atoms with E-state index in [1.807, 2.05) is 19.1 Å². The Labute approximate surface area is 155 Å². The Morgan fingerprint density at radius 1 is 1.20 bits per heavy atom. The molecule has 2 amide bonds. The van der Waals surface area contributed by atoms with E-state index in [1.165, 1.54) is 11.1 Å². The number of aliphatic imine (C=N–C) groups is 1. The maximum atomic E-state index is 12.8. The van der Waals surface area contributed by atoms with Crippen LogP contribution in [0.5, 0.6) is 0 Å². The van der Waals surface area contributed by atoms with Gasteiger partial charge in [0.2, 0.25) is 5.91 Å². The van der Waals surface area contributed by atoms with Gasteiger partial charge in [0.1, 0.15) is 0 Å². The fourth-order valence-corrected chi connectivity index (χ4v) is 2.88. The lowest BCUT2D eigenvalue weighted by Gasteiger charge is -2.30. The van der Waals surface area contributed by atoms with Crippen LogP contribution in [0.3, 0.4) is 0 Å². The van der Waals surface area contributed by atoms with E-state index in [1.54, 1.807) is 36.4 Å². The van der Waals surface area contributed by atoms with Gasteiger partial charge in [-0.3, -0.25) is 19.5 Å². The van der Waals surface area contributed by atoms with E-state index in [2.05, 4.69) is 10.3 Å². The highest BCUT2D eigenvalue weighted by Gasteiger charge is 2.38. The first-order valence-corrected chi connectivity index (χ1v) is 8.30. The van der Waals surface area contributed by atoms with Gasteiger partial charge in [-0.2, -0.15) is 0 Å². The number of hydrogen-bond donors (Lipinski definition) is 1. The number of anilines is 1. The molecule has 25 heavy (non-hydrogen) atoms. The lowest BCUT2D eigenvalue weighted by Crippen LogP contribution is -2.58. The number of hydrogen-bond acceptors (Lipinski definition) is 4. The van der Waals surface area contributed by atoms with E-state index in [4.69, 9.17) is 23.8 Å². The molecule has 0 aliphatic carbocycles. The molecule has 1 fully saturated rings. The largest absolute Gasteiger partial charge is 0.301 e. The first kappa shape index (κ1) is 17.3. The molecular weight excluding hydrogens is 358 g/mol. The molecule has 0 spiro atoms. The van der Waals surface area contributed by atoms with Gasteiger partial charge in [-0.1, -0.05) is 35.9 Å². The minimum Gasteiger partial charge on any atom is -0.301 e. The summed E-state index contributed by atoms with van der Waals surface area (Å²) in [6.45, 7) is 1.87. The standard InChI is InChI=1S/C18H14ClN3O2S/c1-11-7-8-12(19)9-15(11)20-10-14-16(23)21-18(25)22(17(14)24)13-5-3-2-4-6-13/h2-10,14H,1H3,(H,21,23,25)/t14-/m1/s1. The molecule has 2 aromatic rings. The summed E-state index contributed by atoms with van der Waals surface area (Å²) in [5.41, 5.74) is 2.09. The van der Waals surface area contributed by atoms with E-state index in [0.29, 0.717) is 16.4 Å². The Morgan fingerprint density at radius 3 is 2.64 bits per heavy atom. The van der Waals surface area contributed by atoms with Gasteiger partial charge < -0.3 is 5.32 Å². The third kappa shape index (κ3) is 3.60. The highest BCUT2D eigenvalue weighted by Crippen LogP contribution is 2.24. The van der Waals surface area contributed by atoms with Crippen LogP contribution >= 0.6 is 23.8 Å². The molecule has 1 atom stereocenters. The van der Waals surface area contributed by atoms with Crippen molar-refractivity contribution >= 4 is 58.3 Å². The molecule has 0 aromatic heterocycles. The fourth-order valence-electron chi connectivity index (χ4n) is 2.42. The fraction of sp³-hybridized carbons (Fsp3) is 0.111. The highest BCUT2D eigenvalue weighted by atomic mass is 35.5. The van der Waals surface area contributed by atoms with Crippen LogP contribution in [-0.4, -0.2) is 23.1 Å². The van der Waals surface area contributed by atoms with Gasteiger partial charge in [0.25, 0.3) is 5.91 Å². The summed E-state index contributed by atoms with van der Waals surface area (Å²) in [4.78, 5) is 30.6. The van der Waals surface area contributed by atoms with Gasteiger partial charge in [0.05, 0.1) is 11.4 Å². The Hall–Kier alpha value is -2.57. The van der Waals surface area contributed by atoms with Gasteiger partial charge in [-0.25, -0.2) is 0 Å². The zero-order chi connectivity index (χ0) is 18.0. The molecule has 126 valence electrons. The van der Waals surface area contributed by atoms with Crippen LogP contribution in [0.25, 0.3) is 0 Å². The third-order valence-electron chi connectivity index (χ3n) is 3.75. The molecule has 0 saturated carbocycles. The van der Waals surface area contributed by atoms with Crippen molar-refractivity contribution in [3.05, 3.63) is 59.1 Å². The maximum Gasteiger partial charge on any atom is 0.251 e. The van der Waals surface area contributed by atoms with Crippen molar-refractivity contribution in [2.75, 3.05) is 4.90 Å². The van der Waals surface area contributed by atoms with Crippen molar-refractivity contribution in [2.24, 2.45) is 10.9 Å². The van der Waals surface area contributed by atoms with Crippen LogP contribution in [0, 0.1) is 12.8 Å². The second-order valence-electron chi connectivity index (χ2n) is 5.49. The maximum absolute atomic E-state index is 12.8. The average molecular weight is 372 g/mol. The van der Waals surface area contributed by atoms with Crippen molar-refractivity contribution < 1.29 is 9.59 Å². The van der Waals surface area contributed by atoms with Gasteiger partial charge in [-0.05, 0) is 49.0 Å². The van der Waals surface area contributed by atoms with Crippen molar-refractivity contribution in [2.45, 2.75) is 6.92 Å². The Bertz CT molecular complexity index is 883. The van der Waals surface area contributed by atoms with Gasteiger partial charge >= 0.3 is 0 Å². The number of amides is 2. The van der Waals surface area contributed by atoms with E-state index < -0.39 is 17.7 Å². The predicted octanol–water partition coefficient (Wildman–Crippen LogP) is 3.41. The highest BCUT2D eigenvalue weighted by molar-refractivity contribution is 7.80. The minimum absolute atomic E-state index is 0.0600. The summed E-state index contributed by atoms with van der Waals surface area (Å²) in [6.07, 6.45) is 1.33. The Kier molecular flexibility index (Phi) is 4.92. The number of thiocarbonyl (C=S) groups is 1. The number of benzene rings is 2. The lowest BCUT2D eigenvalue weighted by molar-refractivity contribution is -0.130. The molecule has 3 rings (SSSR count). The zero-order valence-corrected chi connectivity index (χ0v) is 14.8. The molecule has 2 aromatic carbocycles. The quantitative estimate of drug-likeness (QED) is 0.511. The van der Waals surface area contributed by atoms with E-state index >= 15 is 0 Å². The molecule has 0 bridgehead atoms. The number of nitrogens with one attached hydrogen (secondary N) is 1. The van der Waals surface area contributed by atoms with Crippen molar-refractivity contribution in [1.82, 2.24) is 5.32 Å². The van der Waals surface area contributed by atoms with E-state index in [0.717, 1.165) is 5.56 Å². The summed E-state index contributed by atoms with van der Waals surface area (Å²) in [7, 11) is 0. The first-order valence-electron chi connectivity index (χ1n) is 7.51. The van der Waals surface area contributed by atoms with Gasteiger partial charge in [-0.15, -0.1) is 0 Å². The van der Waals surface area contributed by atoms with Crippen LogP contribution in [0.15, 0.2) is 53.5 Å². The smallest absolute Gasteiger partial charge is 0.251 e. The number of aryl methyl sites for hydroxylation is 1. The second kappa shape index (κ2) is 7.13. The van der Waals surface area contributed by atoms with Crippen LogP contribution in [0.1, 0.15) is 5.56 Å². The predicted molar refractivity (Wildman–Crippen MR) is 102 cm³/mol. The van der Waals surface area contributed by atoms with Gasteiger partial charge in [0.15, 0.2) is 11.0 Å². The number of carbonyl (C=O) groups excluding carboxylic acids is 2. The minimum atomic E-state index is -1.06. The molecule has 5 nitrogen and oxygen atoms in total. The average Bonchev–Trinajstić information content (AvgIpc) is 2.58. The second-order valence-corrected chi connectivity index (χ2v) is 6.31. The number of halogens is 1. The van der Waals surface area contributed by atoms with E-state index in [-0.39, 0.29) is 5.11 Å². The van der Waals surface area contributed by atoms with Crippen LogP contribution in [0.2, 0.25) is 5.02 Å².